The van der Waals surface area contributed by atoms with E-state index in [1.807, 2.05) is 24.3 Å². The summed E-state index contributed by atoms with van der Waals surface area (Å²) in [7, 11) is 0. The van der Waals surface area contributed by atoms with Crippen molar-refractivity contribution in [1.82, 2.24) is 0 Å². The lowest BCUT2D eigenvalue weighted by Crippen LogP contribution is -1.96. The summed E-state index contributed by atoms with van der Waals surface area (Å²) in [6, 6.07) is 10.6. The fourth-order valence-electron chi connectivity index (χ4n) is 1.36. The van der Waals surface area contributed by atoms with E-state index in [0.29, 0.717) is 0 Å². The Balaban J connectivity index is 1.99. The summed E-state index contributed by atoms with van der Waals surface area (Å²) in [5, 5.41) is 0. The number of ether oxygens (including phenoxy) is 1. The molecule has 0 atom stereocenters. The number of rotatable bonds is 7. The second kappa shape index (κ2) is 7.43. The van der Waals surface area contributed by atoms with Crippen molar-refractivity contribution in [2.45, 2.75) is 39.0 Å². The molecule has 0 aliphatic carbocycles. The van der Waals surface area contributed by atoms with Crippen LogP contribution < -0.4 is 4.74 Å². The topological polar surface area (TPSA) is 9.23 Å². The molecule has 0 aliphatic heterocycles. The van der Waals surface area contributed by atoms with Gasteiger partial charge in [0.1, 0.15) is 5.75 Å². The second-order valence-corrected chi connectivity index (χ2v) is 3.50. The summed E-state index contributed by atoms with van der Waals surface area (Å²) in [5.41, 5.74) is 0. The molecule has 14 heavy (non-hydrogen) atoms. The predicted octanol–water partition coefficient (Wildman–Crippen LogP) is 3.84. The van der Waals surface area contributed by atoms with Crippen LogP contribution in [0, 0.1) is 6.07 Å². The molecule has 0 aliphatic rings. The average Bonchev–Trinajstić information content (AvgIpc) is 2.25. The number of hydrogen-bond acceptors (Lipinski definition) is 1. The van der Waals surface area contributed by atoms with Crippen molar-refractivity contribution < 1.29 is 4.74 Å². The zero-order valence-corrected chi connectivity index (χ0v) is 8.96. The summed E-state index contributed by atoms with van der Waals surface area (Å²) in [4.78, 5) is 0. The molecule has 77 valence electrons. The highest BCUT2D eigenvalue weighted by Gasteiger charge is 1.91. The maximum absolute atomic E-state index is 5.57. The summed E-state index contributed by atoms with van der Waals surface area (Å²) in [5.74, 6) is 0.958. The van der Waals surface area contributed by atoms with Gasteiger partial charge in [-0.05, 0) is 24.6 Å². The molecule has 0 saturated carbocycles. The van der Waals surface area contributed by atoms with Crippen LogP contribution in [-0.2, 0) is 0 Å². The van der Waals surface area contributed by atoms with E-state index < -0.39 is 0 Å². The summed E-state index contributed by atoms with van der Waals surface area (Å²) in [6.45, 7) is 3.07. The van der Waals surface area contributed by atoms with Crippen LogP contribution in [0.4, 0.5) is 0 Å². The van der Waals surface area contributed by atoms with Crippen molar-refractivity contribution in [3.8, 4) is 5.75 Å². The van der Waals surface area contributed by atoms with E-state index in [-0.39, 0.29) is 0 Å². The minimum absolute atomic E-state index is 0.841. The molecule has 0 aromatic heterocycles. The molecule has 0 heterocycles. The molecule has 0 N–H and O–H groups in total. The van der Waals surface area contributed by atoms with Gasteiger partial charge in [-0.2, -0.15) is 0 Å². The van der Waals surface area contributed by atoms with Crippen molar-refractivity contribution in [2.24, 2.45) is 0 Å². The first-order valence-corrected chi connectivity index (χ1v) is 5.52. The lowest BCUT2D eigenvalue weighted by Gasteiger charge is -2.04. The molecule has 1 radical (unpaired) electrons. The van der Waals surface area contributed by atoms with Crippen LogP contribution >= 0.6 is 0 Å². The van der Waals surface area contributed by atoms with E-state index in [1.54, 1.807) is 0 Å². The van der Waals surface area contributed by atoms with Crippen molar-refractivity contribution in [3.63, 3.8) is 0 Å². The highest BCUT2D eigenvalue weighted by atomic mass is 16.5. The van der Waals surface area contributed by atoms with E-state index in [1.165, 1.54) is 32.1 Å². The van der Waals surface area contributed by atoms with Crippen molar-refractivity contribution >= 4 is 0 Å². The zero-order chi connectivity index (χ0) is 10.1. The Morgan fingerprint density at radius 2 is 1.79 bits per heavy atom. The number of benzene rings is 1. The van der Waals surface area contributed by atoms with Gasteiger partial charge < -0.3 is 4.74 Å². The third kappa shape index (κ3) is 4.90. The molecule has 0 bridgehead atoms. The molecule has 0 fully saturated rings. The molecule has 1 rings (SSSR count). The van der Waals surface area contributed by atoms with Gasteiger partial charge in [-0.3, -0.25) is 0 Å². The fraction of sp³-hybridized carbons (Fsp3) is 0.538. The Kier molecular flexibility index (Phi) is 5.89. The largest absolute Gasteiger partial charge is 0.494 e. The van der Waals surface area contributed by atoms with Crippen LogP contribution in [0.5, 0.6) is 5.75 Å². The monoisotopic (exact) mass is 191 g/mol. The maximum atomic E-state index is 5.57. The third-order valence-electron chi connectivity index (χ3n) is 2.20. The van der Waals surface area contributed by atoms with Crippen LogP contribution in [0.25, 0.3) is 0 Å². The average molecular weight is 191 g/mol. The predicted molar refractivity (Wildman–Crippen MR) is 59.5 cm³/mol. The first kappa shape index (κ1) is 11.1. The van der Waals surface area contributed by atoms with Gasteiger partial charge in [0, 0.05) is 0 Å². The minimum Gasteiger partial charge on any atom is -0.494 e. The van der Waals surface area contributed by atoms with Crippen LogP contribution in [0.2, 0.25) is 0 Å². The van der Waals surface area contributed by atoms with E-state index in [4.69, 9.17) is 4.74 Å². The molecule has 0 spiro atoms. The molecule has 1 heteroatoms. The SMILES string of the molecule is CCCCCCCOc1cc[c]cc1. The van der Waals surface area contributed by atoms with Gasteiger partial charge in [0.05, 0.1) is 6.61 Å². The first-order valence-electron chi connectivity index (χ1n) is 5.52. The van der Waals surface area contributed by atoms with Crippen molar-refractivity contribution in [2.75, 3.05) is 6.61 Å². The zero-order valence-electron chi connectivity index (χ0n) is 8.96. The number of unbranched alkanes of at least 4 members (excludes halogenated alkanes) is 4. The van der Waals surface area contributed by atoms with Crippen molar-refractivity contribution in [1.29, 1.82) is 0 Å². The lowest BCUT2D eigenvalue weighted by molar-refractivity contribution is 0.304. The van der Waals surface area contributed by atoms with Crippen LogP contribution in [0.1, 0.15) is 39.0 Å². The van der Waals surface area contributed by atoms with Crippen LogP contribution in [0.15, 0.2) is 24.3 Å². The van der Waals surface area contributed by atoms with Gasteiger partial charge in [0.25, 0.3) is 0 Å². The maximum Gasteiger partial charge on any atom is 0.119 e. The highest BCUT2D eigenvalue weighted by Crippen LogP contribution is 2.09. The van der Waals surface area contributed by atoms with E-state index in [0.717, 1.165) is 12.4 Å². The Morgan fingerprint density at radius 1 is 1.07 bits per heavy atom. The molecule has 0 amide bonds. The van der Waals surface area contributed by atoms with Crippen molar-refractivity contribution in [3.05, 3.63) is 30.3 Å². The molecular weight excluding hydrogens is 172 g/mol. The van der Waals surface area contributed by atoms with Gasteiger partial charge >= 0.3 is 0 Å². The van der Waals surface area contributed by atoms with Crippen LogP contribution in [0.3, 0.4) is 0 Å². The summed E-state index contributed by atoms with van der Waals surface area (Å²) >= 11 is 0. The molecule has 1 aromatic rings. The van der Waals surface area contributed by atoms with Gasteiger partial charge in [0.2, 0.25) is 0 Å². The quantitative estimate of drug-likeness (QED) is 0.595. The fourth-order valence-corrected chi connectivity index (χ4v) is 1.36. The number of hydrogen-bond donors (Lipinski definition) is 0. The highest BCUT2D eigenvalue weighted by molar-refractivity contribution is 5.20. The van der Waals surface area contributed by atoms with Gasteiger partial charge in [-0.1, -0.05) is 44.7 Å². The minimum atomic E-state index is 0.841. The molecule has 0 unspecified atom stereocenters. The lowest BCUT2D eigenvalue weighted by atomic mass is 10.2. The molecule has 0 saturated heterocycles. The Bertz CT molecular complexity index is 218. The normalized spacial score (nSPS) is 10.1. The van der Waals surface area contributed by atoms with Gasteiger partial charge in [-0.15, -0.1) is 0 Å². The molecule has 1 aromatic carbocycles. The van der Waals surface area contributed by atoms with E-state index in [2.05, 4.69) is 13.0 Å². The Labute approximate surface area is 87.1 Å². The summed E-state index contributed by atoms with van der Waals surface area (Å²) < 4.78 is 5.57. The van der Waals surface area contributed by atoms with E-state index in [9.17, 15) is 0 Å². The second-order valence-electron chi connectivity index (χ2n) is 3.50. The van der Waals surface area contributed by atoms with Crippen LogP contribution in [-0.4, -0.2) is 6.61 Å². The Morgan fingerprint density at radius 3 is 2.50 bits per heavy atom. The molecular formula is C13H19O. The standard InChI is InChI=1S/C13H19O/c1-2-3-4-5-9-12-14-13-10-7-6-8-11-13/h7-8,10-11H,2-5,9,12H2,1H3. The smallest absolute Gasteiger partial charge is 0.119 e. The Hall–Kier alpha value is -0.980. The first-order chi connectivity index (χ1) is 6.93. The molecule has 1 nitrogen and oxygen atoms in total. The van der Waals surface area contributed by atoms with Gasteiger partial charge in [-0.25, -0.2) is 0 Å². The third-order valence-corrected chi connectivity index (χ3v) is 2.20. The summed E-state index contributed by atoms with van der Waals surface area (Å²) in [6.07, 6.45) is 6.43. The van der Waals surface area contributed by atoms with Gasteiger partial charge in [0.15, 0.2) is 0 Å². The van der Waals surface area contributed by atoms with E-state index >= 15 is 0 Å².